The number of aromatic nitrogens is 1. The lowest BCUT2D eigenvalue weighted by molar-refractivity contribution is 0.0321. The molecule has 21 heavy (non-hydrogen) atoms. The maximum absolute atomic E-state index is 12.3. The van der Waals surface area contributed by atoms with Gasteiger partial charge in [0.25, 0.3) is 5.56 Å². The highest BCUT2D eigenvalue weighted by Crippen LogP contribution is 2.06. The largest absolute Gasteiger partial charge is 0.487 e. The molecule has 0 aromatic carbocycles. The van der Waals surface area contributed by atoms with Gasteiger partial charge in [0.2, 0.25) is 0 Å². The van der Waals surface area contributed by atoms with E-state index in [1.807, 2.05) is 19.9 Å². The van der Waals surface area contributed by atoms with Gasteiger partial charge in [0.15, 0.2) is 5.75 Å². The molecule has 0 saturated carbocycles. The van der Waals surface area contributed by atoms with Crippen molar-refractivity contribution in [2.45, 2.75) is 25.9 Å². The van der Waals surface area contributed by atoms with Gasteiger partial charge < -0.3 is 19.8 Å². The summed E-state index contributed by atoms with van der Waals surface area (Å²) in [4.78, 5) is 14.5. The summed E-state index contributed by atoms with van der Waals surface area (Å²) in [5, 5.41) is 0. The molecule has 0 spiro atoms. The molecule has 0 unspecified atom stereocenters. The molecule has 2 heterocycles. The van der Waals surface area contributed by atoms with Crippen LogP contribution in [0.15, 0.2) is 23.1 Å². The minimum Gasteiger partial charge on any atom is -0.487 e. The summed E-state index contributed by atoms with van der Waals surface area (Å²) >= 11 is 0. The lowest BCUT2D eigenvalue weighted by Crippen LogP contribution is -2.41. The van der Waals surface area contributed by atoms with E-state index in [2.05, 4.69) is 4.90 Å². The second-order valence-electron chi connectivity index (χ2n) is 6.10. The van der Waals surface area contributed by atoms with Crippen LogP contribution < -0.4 is 16.0 Å². The van der Waals surface area contributed by atoms with Gasteiger partial charge in [0.05, 0.1) is 13.2 Å². The zero-order valence-electron chi connectivity index (χ0n) is 12.9. The SMILES string of the molecule is CC(C)(N)Cn1cccc(OCCN2CCOCC2)c1=O. The van der Waals surface area contributed by atoms with Crippen molar-refractivity contribution in [3.8, 4) is 5.75 Å². The number of hydrogen-bond donors (Lipinski definition) is 1. The monoisotopic (exact) mass is 295 g/mol. The van der Waals surface area contributed by atoms with Crippen LogP contribution in [0.3, 0.4) is 0 Å². The van der Waals surface area contributed by atoms with E-state index in [-0.39, 0.29) is 5.56 Å². The lowest BCUT2D eigenvalue weighted by atomic mass is 10.1. The molecule has 6 heteroatoms. The van der Waals surface area contributed by atoms with Gasteiger partial charge in [-0.1, -0.05) is 0 Å². The summed E-state index contributed by atoms with van der Waals surface area (Å²) < 4.78 is 12.5. The molecule has 6 nitrogen and oxygen atoms in total. The topological polar surface area (TPSA) is 69.7 Å². The first-order valence-corrected chi connectivity index (χ1v) is 7.37. The fourth-order valence-corrected chi connectivity index (χ4v) is 2.30. The fraction of sp³-hybridized carbons (Fsp3) is 0.667. The van der Waals surface area contributed by atoms with Crippen LogP contribution in [0.1, 0.15) is 13.8 Å². The van der Waals surface area contributed by atoms with Crippen molar-refractivity contribution in [2.24, 2.45) is 5.73 Å². The highest BCUT2D eigenvalue weighted by Gasteiger charge is 2.14. The molecule has 0 atom stereocenters. The average Bonchev–Trinajstić information content (AvgIpc) is 2.43. The molecule has 0 radical (unpaired) electrons. The number of rotatable bonds is 6. The third-order valence-corrected chi connectivity index (χ3v) is 3.33. The summed E-state index contributed by atoms with van der Waals surface area (Å²) in [6.07, 6.45) is 1.74. The van der Waals surface area contributed by atoms with Crippen LogP contribution in [0.2, 0.25) is 0 Å². The maximum Gasteiger partial charge on any atom is 0.292 e. The van der Waals surface area contributed by atoms with Crippen LogP contribution in [0.25, 0.3) is 0 Å². The highest BCUT2D eigenvalue weighted by molar-refractivity contribution is 5.17. The number of morpholine rings is 1. The minimum absolute atomic E-state index is 0.127. The molecule has 2 N–H and O–H groups in total. The second kappa shape index (κ2) is 7.06. The number of nitrogens with two attached hydrogens (primary N) is 1. The van der Waals surface area contributed by atoms with E-state index >= 15 is 0 Å². The molecular weight excluding hydrogens is 270 g/mol. The molecule has 1 aliphatic rings. The number of pyridine rings is 1. The Balaban J connectivity index is 1.91. The Morgan fingerprint density at radius 1 is 1.38 bits per heavy atom. The molecule has 0 bridgehead atoms. The Bertz CT molecular complexity index is 502. The third kappa shape index (κ3) is 5.15. The maximum atomic E-state index is 12.3. The standard InChI is InChI=1S/C15H25N3O3/c1-15(2,16)12-18-5-3-4-13(14(18)19)21-11-8-17-6-9-20-10-7-17/h3-5H,6-12,16H2,1-2H3. The van der Waals surface area contributed by atoms with Crippen LogP contribution >= 0.6 is 0 Å². The molecule has 1 aromatic heterocycles. The summed E-state index contributed by atoms with van der Waals surface area (Å²) in [5.41, 5.74) is 5.40. The quantitative estimate of drug-likeness (QED) is 0.817. The predicted octanol–water partition coefficient (Wildman–Crippen LogP) is 0.297. The smallest absolute Gasteiger partial charge is 0.292 e. The first-order chi connectivity index (χ1) is 9.96. The van der Waals surface area contributed by atoms with Gasteiger partial charge in [-0.05, 0) is 26.0 Å². The normalized spacial score (nSPS) is 16.9. The Morgan fingerprint density at radius 2 is 2.10 bits per heavy atom. The molecule has 1 saturated heterocycles. The molecule has 0 aliphatic carbocycles. The fourth-order valence-electron chi connectivity index (χ4n) is 2.30. The van der Waals surface area contributed by atoms with E-state index < -0.39 is 5.54 Å². The van der Waals surface area contributed by atoms with Gasteiger partial charge in [-0.25, -0.2) is 0 Å². The van der Waals surface area contributed by atoms with Gasteiger partial charge in [-0.15, -0.1) is 0 Å². The summed E-state index contributed by atoms with van der Waals surface area (Å²) in [5.74, 6) is 0.384. The number of hydrogen-bond acceptors (Lipinski definition) is 5. The van der Waals surface area contributed by atoms with Crippen LogP contribution in [0.5, 0.6) is 5.75 Å². The van der Waals surface area contributed by atoms with Crippen molar-refractivity contribution in [3.05, 3.63) is 28.7 Å². The van der Waals surface area contributed by atoms with Crippen LogP contribution in [-0.2, 0) is 11.3 Å². The zero-order valence-corrected chi connectivity index (χ0v) is 12.9. The van der Waals surface area contributed by atoms with Crippen molar-refractivity contribution in [1.29, 1.82) is 0 Å². The summed E-state index contributed by atoms with van der Waals surface area (Å²) in [6, 6.07) is 3.53. The molecule has 1 aromatic rings. The first-order valence-electron chi connectivity index (χ1n) is 7.37. The third-order valence-electron chi connectivity index (χ3n) is 3.33. The molecule has 1 aliphatic heterocycles. The average molecular weight is 295 g/mol. The molecule has 2 rings (SSSR count). The van der Waals surface area contributed by atoms with Gasteiger partial charge in [0, 0.05) is 37.9 Å². The van der Waals surface area contributed by atoms with Gasteiger partial charge in [-0.3, -0.25) is 9.69 Å². The van der Waals surface area contributed by atoms with Crippen LogP contribution in [-0.4, -0.2) is 54.5 Å². The van der Waals surface area contributed by atoms with Crippen LogP contribution in [0.4, 0.5) is 0 Å². The number of ether oxygens (including phenoxy) is 2. The van der Waals surface area contributed by atoms with Crippen molar-refractivity contribution < 1.29 is 9.47 Å². The Morgan fingerprint density at radius 3 is 2.76 bits per heavy atom. The van der Waals surface area contributed by atoms with Crippen molar-refractivity contribution in [3.63, 3.8) is 0 Å². The van der Waals surface area contributed by atoms with E-state index in [0.29, 0.717) is 18.9 Å². The van der Waals surface area contributed by atoms with Gasteiger partial charge in [0.1, 0.15) is 6.61 Å². The molecule has 0 amide bonds. The minimum atomic E-state index is -0.434. The van der Waals surface area contributed by atoms with Crippen molar-refractivity contribution in [1.82, 2.24) is 9.47 Å². The van der Waals surface area contributed by atoms with E-state index in [4.69, 9.17) is 15.2 Å². The van der Waals surface area contributed by atoms with E-state index in [0.717, 1.165) is 32.8 Å². The van der Waals surface area contributed by atoms with Crippen molar-refractivity contribution in [2.75, 3.05) is 39.5 Å². The Kier molecular flexibility index (Phi) is 5.39. The summed E-state index contributed by atoms with van der Waals surface area (Å²) in [7, 11) is 0. The van der Waals surface area contributed by atoms with Crippen LogP contribution in [0, 0.1) is 0 Å². The van der Waals surface area contributed by atoms with Gasteiger partial charge in [-0.2, -0.15) is 0 Å². The van der Waals surface area contributed by atoms with E-state index in [1.54, 1.807) is 16.8 Å². The Labute approximate surface area is 125 Å². The number of nitrogens with zero attached hydrogens (tertiary/aromatic N) is 2. The molecule has 1 fully saturated rings. The molecular formula is C15H25N3O3. The predicted molar refractivity (Wildman–Crippen MR) is 81.7 cm³/mol. The Hall–Kier alpha value is -1.37. The summed E-state index contributed by atoms with van der Waals surface area (Å²) in [6.45, 7) is 8.94. The van der Waals surface area contributed by atoms with E-state index in [9.17, 15) is 4.79 Å². The molecule has 118 valence electrons. The second-order valence-corrected chi connectivity index (χ2v) is 6.10. The van der Waals surface area contributed by atoms with Gasteiger partial charge >= 0.3 is 0 Å². The van der Waals surface area contributed by atoms with Crippen molar-refractivity contribution >= 4 is 0 Å². The van der Waals surface area contributed by atoms with E-state index in [1.165, 1.54) is 0 Å². The zero-order chi connectivity index (χ0) is 15.3. The first kappa shape index (κ1) is 16.0. The highest BCUT2D eigenvalue weighted by atomic mass is 16.5. The lowest BCUT2D eigenvalue weighted by Gasteiger charge is -2.26.